The van der Waals surface area contributed by atoms with Crippen LogP contribution in [0.4, 0.5) is 0 Å². The first kappa shape index (κ1) is 7.86. The lowest BCUT2D eigenvalue weighted by Gasteiger charge is -1.97. The summed E-state index contributed by atoms with van der Waals surface area (Å²) in [5.41, 5.74) is 1.09. The van der Waals surface area contributed by atoms with Gasteiger partial charge in [0.25, 0.3) is 0 Å². The van der Waals surface area contributed by atoms with Gasteiger partial charge in [0, 0.05) is 6.42 Å². The van der Waals surface area contributed by atoms with Crippen molar-refractivity contribution in [2.75, 3.05) is 0 Å². The Balaban J connectivity index is 2.15. The quantitative estimate of drug-likeness (QED) is 0.759. The van der Waals surface area contributed by atoms with Crippen molar-refractivity contribution >= 4 is 0 Å². The highest BCUT2D eigenvalue weighted by atomic mass is 16.3. The SMILES string of the molecule is Oc1ccc(Cc2cnco2)cc1. The fourth-order valence-corrected chi connectivity index (χ4v) is 1.14. The van der Waals surface area contributed by atoms with Gasteiger partial charge in [-0.25, -0.2) is 4.98 Å². The second-order valence-corrected chi connectivity index (χ2v) is 2.81. The molecule has 1 aromatic carbocycles. The number of hydrogen-bond donors (Lipinski definition) is 1. The summed E-state index contributed by atoms with van der Waals surface area (Å²) in [6.07, 6.45) is 3.81. The molecule has 0 amide bonds. The summed E-state index contributed by atoms with van der Waals surface area (Å²) in [5.74, 6) is 1.10. The van der Waals surface area contributed by atoms with Crippen molar-refractivity contribution in [3.8, 4) is 5.75 Å². The number of phenols is 1. The maximum absolute atomic E-state index is 9.05. The molecule has 2 rings (SSSR count). The van der Waals surface area contributed by atoms with Crippen LogP contribution in [0, 0.1) is 0 Å². The number of benzene rings is 1. The Bertz CT molecular complexity index is 364. The Hall–Kier alpha value is -1.77. The minimum Gasteiger partial charge on any atom is -0.508 e. The fraction of sp³-hybridized carbons (Fsp3) is 0.100. The molecule has 0 aliphatic rings. The maximum Gasteiger partial charge on any atom is 0.180 e. The van der Waals surface area contributed by atoms with Crippen molar-refractivity contribution < 1.29 is 9.52 Å². The van der Waals surface area contributed by atoms with Gasteiger partial charge in [0.15, 0.2) is 6.39 Å². The second kappa shape index (κ2) is 3.31. The third-order valence-corrected chi connectivity index (χ3v) is 1.80. The van der Waals surface area contributed by atoms with Crippen LogP contribution in [0.5, 0.6) is 5.75 Å². The fourth-order valence-electron chi connectivity index (χ4n) is 1.14. The highest BCUT2D eigenvalue weighted by Crippen LogP contribution is 2.13. The maximum atomic E-state index is 9.05. The van der Waals surface area contributed by atoms with Crippen LogP contribution in [0.3, 0.4) is 0 Å². The van der Waals surface area contributed by atoms with E-state index in [9.17, 15) is 0 Å². The average molecular weight is 175 g/mol. The molecule has 0 radical (unpaired) electrons. The first-order chi connectivity index (χ1) is 6.34. The average Bonchev–Trinajstić information content (AvgIpc) is 2.62. The number of oxazole rings is 1. The normalized spacial score (nSPS) is 10.2. The Morgan fingerprint density at radius 1 is 1.23 bits per heavy atom. The molecular weight excluding hydrogens is 166 g/mol. The summed E-state index contributed by atoms with van der Waals surface area (Å²) in [7, 11) is 0. The molecule has 1 N–H and O–H groups in total. The zero-order chi connectivity index (χ0) is 9.10. The minimum atomic E-state index is 0.279. The molecule has 66 valence electrons. The first-order valence-electron chi connectivity index (χ1n) is 4.00. The van der Waals surface area contributed by atoms with Crippen LogP contribution < -0.4 is 0 Å². The molecule has 0 saturated heterocycles. The number of nitrogens with zero attached hydrogens (tertiary/aromatic N) is 1. The number of hydrogen-bond acceptors (Lipinski definition) is 3. The van der Waals surface area contributed by atoms with Crippen molar-refractivity contribution in [3.63, 3.8) is 0 Å². The molecule has 0 unspecified atom stereocenters. The highest BCUT2D eigenvalue weighted by molar-refractivity contribution is 5.27. The molecule has 0 spiro atoms. The molecule has 0 aliphatic carbocycles. The van der Waals surface area contributed by atoms with E-state index in [0.717, 1.165) is 11.3 Å². The molecule has 3 nitrogen and oxygen atoms in total. The van der Waals surface area contributed by atoms with E-state index >= 15 is 0 Å². The van der Waals surface area contributed by atoms with E-state index in [4.69, 9.17) is 9.52 Å². The Kier molecular flexibility index (Phi) is 2.00. The highest BCUT2D eigenvalue weighted by Gasteiger charge is 1.98. The van der Waals surface area contributed by atoms with Crippen molar-refractivity contribution in [2.45, 2.75) is 6.42 Å². The zero-order valence-electron chi connectivity index (χ0n) is 6.97. The van der Waals surface area contributed by atoms with Gasteiger partial charge in [0.1, 0.15) is 11.5 Å². The van der Waals surface area contributed by atoms with Crippen molar-refractivity contribution in [1.29, 1.82) is 0 Å². The molecule has 13 heavy (non-hydrogen) atoms. The van der Waals surface area contributed by atoms with Crippen LogP contribution >= 0.6 is 0 Å². The third-order valence-electron chi connectivity index (χ3n) is 1.80. The smallest absolute Gasteiger partial charge is 0.180 e. The van der Waals surface area contributed by atoms with Crippen LogP contribution in [-0.2, 0) is 6.42 Å². The molecule has 0 bridgehead atoms. The summed E-state index contributed by atoms with van der Waals surface area (Å²) in [4.78, 5) is 3.82. The van der Waals surface area contributed by atoms with Gasteiger partial charge >= 0.3 is 0 Å². The molecule has 1 aromatic heterocycles. The largest absolute Gasteiger partial charge is 0.508 e. The van der Waals surface area contributed by atoms with Gasteiger partial charge in [0.2, 0.25) is 0 Å². The van der Waals surface area contributed by atoms with E-state index in [-0.39, 0.29) is 5.75 Å². The molecular formula is C10H9NO2. The monoisotopic (exact) mass is 175 g/mol. The first-order valence-corrected chi connectivity index (χ1v) is 4.00. The predicted octanol–water partition coefficient (Wildman–Crippen LogP) is 1.97. The van der Waals surface area contributed by atoms with Crippen LogP contribution in [0.2, 0.25) is 0 Å². The van der Waals surface area contributed by atoms with Gasteiger partial charge in [-0.1, -0.05) is 12.1 Å². The van der Waals surface area contributed by atoms with Crippen LogP contribution in [0.15, 0.2) is 41.3 Å². The summed E-state index contributed by atoms with van der Waals surface area (Å²) in [5, 5.41) is 9.05. The van der Waals surface area contributed by atoms with E-state index in [1.807, 2.05) is 12.1 Å². The molecule has 0 atom stereocenters. The standard InChI is InChI=1S/C10H9NO2/c12-9-3-1-8(2-4-9)5-10-6-11-7-13-10/h1-4,6-7,12H,5H2. The molecule has 0 saturated carbocycles. The molecule has 1 heterocycles. The summed E-state index contributed by atoms with van der Waals surface area (Å²) in [6, 6.07) is 7.03. The van der Waals surface area contributed by atoms with Crippen molar-refractivity contribution in [1.82, 2.24) is 4.98 Å². The molecule has 0 fully saturated rings. The van der Waals surface area contributed by atoms with Crippen molar-refractivity contribution in [3.05, 3.63) is 48.2 Å². The third kappa shape index (κ3) is 1.87. The predicted molar refractivity (Wildman–Crippen MR) is 47.4 cm³/mol. The molecule has 0 aliphatic heterocycles. The van der Waals surface area contributed by atoms with Crippen LogP contribution in [-0.4, -0.2) is 10.1 Å². The summed E-state index contributed by atoms with van der Waals surface area (Å²) in [6.45, 7) is 0. The Labute approximate surface area is 75.7 Å². The van der Waals surface area contributed by atoms with Gasteiger partial charge < -0.3 is 9.52 Å². The lowest BCUT2D eigenvalue weighted by atomic mass is 10.1. The van der Waals surface area contributed by atoms with E-state index in [1.165, 1.54) is 6.39 Å². The lowest BCUT2D eigenvalue weighted by Crippen LogP contribution is -1.83. The van der Waals surface area contributed by atoms with Crippen LogP contribution in [0.25, 0.3) is 0 Å². The molecule has 2 aromatic rings. The van der Waals surface area contributed by atoms with Gasteiger partial charge in [-0.2, -0.15) is 0 Å². The summed E-state index contributed by atoms with van der Waals surface area (Å²) < 4.78 is 5.09. The van der Waals surface area contributed by atoms with Crippen molar-refractivity contribution in [2.24, 2.45) is 0 Å². The van der Waals surface area contributed by atoms with E-state index in [2.05, 4.69) is 4.98 Å². The Morgan fingerprint density at radius 2 is 2.00 bits per heavy atom. The lowest BCUT2D eigenvalue weighted by molar-refractivity contribution is 0.474. The minimum absolute atomic E-state index is 0.279. The van der Waals surface area contributed by atoms with Gasteiger partial charge in [-0.15, -0.1) is 0 Å². The Morgan fingerprint density at radius 3 is 2.62 bits per heavy atom. The summed E-state index contributed by atoms with van der Waals surface area (Å²) >= 11 is 0. The zero-order valence-corrected chi connectivity index (χ0v) is 6.97. The van der Waals surface area contributed by atoms with E-state index < -0.39 is 0 Å². The van der Waals surface area contributed by atoms with Gasteiger partial charge in [-0.3, -0.25) is 0 Å². The molecule has 3 heteroatoms. The van der Waals surface area contributed by atoms with Gasteiger partial charge in [0.05, 0.1) is 6.20 Å². The second-order valence-electron chi connectivity index (χ2n) is 2.81. The number of rotatable bonds is 2. The topological polar surface area (TPSA) is 46.3 Å². The van der Waals surface area contributed by atoms with E-state index in [1.54, 1.807) is 18.3 Å². The number of phenolic OH excluding ortho intramolecular Hbond substituents is 1. The van der Waals surface area contributed by atoms with Crippen LogP contribution in [0.1, 0.15) is 11.3 Å². The number of aromatic hydroxyl groups is 1. The van der Waals surface area contributed by atoms with E-state index in [0.29, 0.717) is 6.42 Å². The number of aromatic nitrogens is 1. The van der Waals surface area contributed by atoms with Gasteiger partial charge in [-0.05, 0) is 17.7 Å².